The Morgan fingerprint density at radius 2 is 2.05 bits per heavy atom. The Hall–Kier alpha value is -0.770. The first-order valence-electron chi connectivity index (χ1n) is 6.93. The van der Waals surface area contributed by atoms with Crippen LogP contribution in [0.15, 0.2) is 39.2 Å². The molecule has 0 saturated carbocycles. The number of furan rings is 1. The number of rotatable bonds is 6. The monoisotopic (exact) mass is 355 g/mol. The third-order valence-corrected chi connectivity index (χ3v) is 4.52. The summed E-state index contributed by atoms with van der Waals surface area (Å²) in [5, 5.41) is 4.24. The van der Waals surface area contributed by atoms with Gasteiger partial charge in [0.1, 0.15) is 11.5 Å². The summed E-state index contributed by atoms with van der Waals surface area (Å²) in [6.45, 7) is 5.14. The molecule has 1 atom stereocenters. The molecule has 0 bridgehead atoms. The van der Waals surface area contributed by atoms with Crippen LogP contribution in [0.4, 0.5) is 0 Å². The van der Waals surface area contributed by atoms with Gasteiger partial charge in [0.2, 0.25) is 0 Å². The van der Waals surface area contributed by atoms with Crippen molar-refractivity contribution in [3.63, 3.8) is 0 Å². The van der Waals surface area contributed by atoms with Gasteiger partial charge in [-0.25, -0.2) is 0 Å². The largest absolute Gasteiger partial charge is 0.464 e. The number of halogens is 2. The first-order chi connectivity index (χ1) is 9.67. The molecule has 0 saturated heterocycles. The second-order valence-electron chi connectivity index (χ2n) is 4.69. The fourth-order valence-electron chi connectivity index (χ4n) is 2.14. The van der Waals surface area contributed by atoms with Crippen LogP contribution in [0.3, 0.4) is 0 Å². The summed E-state index contributed by atoms with van der Waals surface area (Å²) in [6, 6.07) is 10.0. The van der Waals surface area contributed by atoms with Gasteiger partial charge in [-0.05, 0) is 52.7 Å². The van der Waals surface area contributed by atoms with E-state index in [1.54, 1.807) is 0 Å². The zero-order valence-electron chi connectivity index (χ0n) is 11.7. The second-order valence-corrected chi connectivity index (χ2v) is 5.92. The standard InChI is InChI=1S/C16H19BrClNO/c1-3-10-19-16(14-9-8-11(4-2)20-14)12-6-5-7-13(17)15(12)18/h5-9,16,19H,3-4,10H2,1-2H3. The molecule has 1 aromatic carbocycles. The van der Waals surface area contributed by atoms with E-state index in [2.05, 4.69) is 35.1 Å². The van der Waals surface area contributed by atoms with E-state index < -0.39 is 0 Å². The highest BCUT2D eigenvalue weighted by Gasteiger charge is 2.20. The Morgan fingerprint density at radius 1 is 1.25 bits per heavy atom. The summed E-state index contributed by atoms with van der Waals surface area (Å²) in [5.41, 5.74) is 1.03. The lowest BCUT2D eigenvalue weighted by molar-refractivity contribution is 0.422. The molecule has 2 aromatic rings. The van der Waals surface area contributed by atoms with Gasteiger partial charge in [0.25, 0.3) is 0 Å². The summed E-state index contributed by atoms with van der Waals surface area (Å²) in [4.78, 5) is 0. The van der Waals surface area contributed by atoms with Gasteiger partial charge < -0.3 is 9.73 Å². The van der Waals surface area contributed by atoms with Crippen molar-refractivity contribution in [2.75, 3.05) is 6.54 Å². The predicted molar refractivity (Wildman–Crippen MR) is 87.4 cm³/mol. The summed E-state index contributed by atoms with van der Waals surface area (Å²) < 4.78 is 6.81. The predicted octanol–water partition coefficient (Wildman–Crippen LogP) is 5.35. The molecule has 0 aliphatic heterocycles. The summed E-state index contributed by atoms with van der Waals surface area (Å²) in [7, 11) is 0. The zero-order valence-corrected chi connectivity index (χ0v) is 14.1. The van der Waals surface area contributed by atoms with Crippen LogP contribution in [0.2, 0.25) is 5.02 Å². The molecule has 0 radical (unpaired) electrons. The third-order valence-electron chi connectivity index (χ3n) is 3.21. The Kier molecular flexibility index (Phi) is 5.70. The van der Waals surface area contributed by atoms with Crippen LogP contribution in [0.25, 0.3) is 0 Å². The molecule has 0 spiro atoms. The molecular formula is C16H19BrClNO. The van der Waals surface area contributed by atoms with Crippen molar-refractivity contribution in [3.8, 4) is 0 Å². The molecule has 1 heterocycles. The summed E-state index contributed by atoms with van der Waals surface area (Å²) in [6.07, 6.45) is 1.95. The molecule has 0 aliphatic carbocycles. The fourth-order valence-corrected chi connectivity index (χ4v) is 2.75. The minimum Gasteiger partial charge on any atom is -0.464 e. The molecule has 2 nitrogen and oxygen atoms in total. The number of aryl methyl sites for hydroxylation is 1. The van der Waals surface area contributed by atoms with Crippen LogP contribution in [0, 0.1) is 0 Å². The third kappa shape index (κ3) is 3.46. The van der Waals surface area contributed by atoms with Gasteiger partial charge in [-0.3, -0.25) is 0 Å². The van der Waals surface area contributed by atoms with Crippen molar-refractivity contribution < 1.29 is 4.42 Å². The smallest absolute Gasteiger partial charge is 0.125 e. The Morgan fingerprint density at radius 3 is 2.70 bits per heavy atom. The quantitative estimate of drug-likeness (QED) is 0.755. The maximum absolute atomic E-state index is 6.43. The number of hydrogen-bond donors (Lipinski definition) is 1. The summed E-state index contributed by atoms with van der Waals surface area (Å²) >= 11 is 9.91. The van der Waals surface area contributed by atoms with E-state index in [0.717, 1.165) is 46.0 Å². The van der Waals surface area contributed by atoms with Crippen molar-refractivity contribution in [2.45, 2.75) is 32.7 Å². The Balaban J connectivity index is 2.38. The molecule has 1 aromatic heterocycles. The van der Waals surface area contributed by atoms with Gasteiger partial charge in [0, 0.05) is 10.9 Å². The molecule has 0 amide bonds. The maximum atomic E-state index is 6.43. The maximum Gasteiger partial charge on any atom is 0.125 e. The molecule has 1 unspecified atom stereocenters. The molecule has 20 heavy (non-hydrogen) atoms. The van der Waals surface area contributed by atoms with Gasteiger partial charge in [0.05, 0.1) is 11.1 Å². The molecule has 4 heteroatoms. The minimum absolute atomic E-state index is 0.0137. The molecule has 108 valence electrons. The molecule has 0 fully saturated rings. The van der Waals surface area contributed by atoms with E-state index in [-0.39, 0.29) is 6.04 Å². The lowest BCUT2D eigenvalue weighted by Gasteiger charge is -2.18. The molecular weight excluding hydrogens is 338 g/mol. The average molecular weight is 357 g/mol. The fraction of sp³-hybridized carbons (Fsp3) is 0.375. The van der Waals surface area contributed by atoms with Crippen molar-refractivity contribution in [1.82, 2.24) is 5.32 Å². The number of hydrogen-bond acceptors (Lipinski definition) is 2. The van der Waals surface area contributed by atoms with Crippen LogP contribution in [0.5, 0.6) is 0 Å². The first-order valence-corrected chi connectivity index (χ1v) is 8.10. The van der Waals surface area contributed by atoms with Crippen LogP contribution < -0.4 is 5.32 Å². The van der Waals surface area contributed by atoms with E-state index in [4.69, 9.17) is 16.0 Å². The second kappa shape index (κ2) is 7.30. The molecule has 0 aliphatic rings. The van der Waals surface area contributed by atoms with E-state index in [0.29, 0.717) is 0 Å². The highest BCUT2D eigenvalue weighted by molar-refractivity contribution is 9.10. The molecule has 1 N–H and O–H groups in total. The van der Waals surface area contributed by atoms with E-state index in [1.807, 2.05) is 30.3 Å². The Bertz CT molecular complexity index is 567. The summed E-state index contributed by atoms with van der Waals surface area (Å²) in [5.74, 6) is 1.91. The molecule has 2 rings (SSSR count). The van der Waals surface area contributed by atoms with Gasteiger partial charge in [-0.15, -0.1) is 0 Å². The van der Waals surface area contributed by atoms with E-state index in [1.165, 1.54) is 0 Å². The average Bonchev–Trinajstić information content (AvgIpc) is 2.92. The minimum atomic E-state index is -0.0137. The van der Waals surface area contributed by atoms with Gasteiger partial charge in [-0.2, -0.15) is 0 Å². The number of benzene rings is 1. The Labute approximate surface area is 133 Å². The van der Waals surface area contributed by atoms with Crippen LogP contribution in [-0.4, -0.2) is 6.54 Å². The highest BCUT2D eigenvalue weighted by atomic mass is 79.9. The lowest BCUT2D eigenvalue weighted by Crippen LogP contribution is -2.23. The SMILES string of the molecule is CCCNC(c1ccc(CC)o1)c1cccc(Br)c1Cl. The van der Waals surface area contributed by atoms with Gasteiger partial charge in [-0.1, -0.05) is 37.6 Å². The number of nitrogens with one attached hydrogen (secondary N) is 1. The zero-order chi connectivity index (χ0) is 14.5. The van der Waals surface area contributed by atoms with Gasteiger partial charge >= 0.3 is 0 Å². The van der Waals surface area contributed by atoms with E-state index in [9.17, 15) is 0 Å². The van der Waals surface area contributed by atoms with Crippen molar-refractivity contribution in [2.24, 2.45) is 0 Å². The van der Waals surface area contributed by atoms with E-state index >= 15 is 0 Å². The van der Waals surface area contributed by atoms with Crippen molar-refractivity contribution in [1.29, 1.82) is 0 Å². The first kappa shape index (κ1) is 15.6. The topological polar surface area (TPSA) is 25.2 Å². The highest BCUT2D eigenvalue weighted by Crippen LogP contribution is 2.34. The van der Waals surface area contributed by atoms with Crippen molar-refractivity contribution >= 4 is 27.5 Å². The normalized spacial score (nSPS) is 12.6. The van der Waals surface area contributed by atoms with Crippen molar-refractivity contribution in [3.05, 3.63) is 56.9 Å². The van der Waals surface area contributed by atoms with Crippen LogP contribution in [-0.2, 0) is 6.42 Å². The van der Waals surface area contributed by atoms with Crippen LogP contribution in [0.1, 0.15) is 43.4 Å². The van der Waals surface area contributed by atoms with Gasteiger partial charge in [0.15, 0.2) is 0 Å². The lowest BCUT2D eigenvalue weighted by atomic mass is 10.0. The van der Waals surface area contributed by atoms with Crippen LogP contribution >= 0.6 is 27.5 Å².